The van der Waals surface area contributed by atoms with Crippen LogP contribution in [0.15, 0.2) is 35.7 Å². The molecule has 0 aliphatic carbocycles. The molecule has 1 N–H and O–H groups in total. The van der Waals surface area contributed by atoms with Gasteiger partial charge in [0.2, 0.25) is 20.9 Å². The van der Waals surface area contributed by atoms with Gasteiger partial charge in [0.25, 0.3) is 0 Å². The first-order valence-electron chi connectivity index (χ1n) is 8.59. The number of aromatic nitrogens is 2. The van der Waals surface area contributed by atoms with E-state index in [0.29, 0.717) is 13.2 Å². The second-order valence-corrected chi connectivity index (χ2v) is 8.45. The Balaban J connectivity index is 1.76. The number of carbonyl (C=O) groups is 1. The Morgan fingerprint density at radius 1 is 1.38 bits per heavy atom. The Morgan fingerprint density at radius 2 is 2.19 bits per heavy atom. The van der Waals surface area contributed by atoms with E-state index >= 15 is 0 Å². The first-order chi connectivity index (χ1) is 12.4. The van der Waals surface area contributed by atoms with Crippen molar-refractivity contribution in [1.29, 1.82) is 0 Å². The van der Waals surface area contributed by atoms with Gasteiger partial charge in [-0.2, -0.15) is 0 Å². The lowest BCUT2D eigenvalue weighted by Crippen LogP contribution is -2.36. The van der Waals surface area contributed by atoms with Gasteiger partial charge < -0.3 is 10.1 Å². The predicted octanol–water partition coefficient (Wildman–Crippen LogP) is 1.56. The fourth-order valence-corrected chi connectivity index (χ4v) is 4.26. The second-order valence-electron chi connectivity index (χ2n) is 6.57. The van der Waals surface area contributed by atoms with Gasteiger partial charge in [-0.1, -0.05) is 12.1 Å². The van der Waals surface area contributed by atoms with E-state index in [1.807, 2.05) is 32.0 Å². The topological polar surface area (TPSA) is 90.3 Å². The number of hydrogen-bond donors (Lipinski definition) is 1. The minimum absolute atomic E-state index is 0.0291. The number of amides is 1. The average molecular weight is 377 g/mol. The molecule has 1 aliphatic rings. The monoisotopic (exact) mass is 377 g/mol. The van der Waals surface area contributed by atoms with Gasteiger partial charge in [0.15, 0.2) is 0 Å². The van der Waals surface area contributed by atoms with Crippen molar-refractivity contribution in [1.82, 2.24) is 14.9 Å². The number of nitrogens with zero attached hydrogens (tertiary/aromatic N) is 2. The summed E-state index contributed by atoms with van der Waals surface area (Å²) in [5.41, 5.74) is 2.67. The van der Waals surface area contributed by atoms with Crippen LogP contribution in [0.4, 0.5) is 0 Å². The lowest BCUT2D eigenvalue weighted by Gasteiger charge is -2.13. The zero-order valence-corrected chi connectivity index (χ0v) is 15.8. The fraction of sp³-hybridized carbons (Fsp3) is 0.444. The van der Waals surface area contributed by atoms with Gasteiger partial charge >= 0.3 is 0 Å². The van der Waals surface area contributed by atoms with Crippen molar-refractivity contribution >= 4 is 15.7 Å². The number of hydrogen-bond acceptors (Lipinski definition) is 5. The molecule has 1 amide bonds. The summed E-state index contributed by atoms with van der Waals surface area (Å²) in [4.78, 5) is 16.1. The Hall–Kier alpha value is -2.19. The number of rotatable bonds is 6. The fourth-order valence-electron chi connectivity index (χ4n) is 3.00. The minimum Gasteiger partial charge on any atom is -0.376 e. The molecular formula is C18H23N3O4S. The molecule has 1 aromatic heterocycles. The van der Waals surface area contributed by atoms with Crippen LogP contribution in [0.2, 0.25) is 0 Å². The van der Waals surface area contributed by atoms with Crippen LogP contribution in [0.25, 0.3) is 5.69 Å². The van der Waals surface area contributed by atoms with Gasteiger partial charge in [-0.15, -0.1) is 0 Å². The molecule has 1 atom stereocenters. The third kappa shape index (κ3) is 4.13. The highest BCUT2D eigenvalue weighted by Gasteiger charge is 2.26. The molecule has 0 bridgehead atoms. The molecule has 1 fully saturated rings. The number of carbonyl (C=O) groups excluding carboxylic acids is 1. The van der Waals surface area contributed by atoms with E-state index in [0.717, 1.165) is 29.7 Å². The molecule has 140 valence electrons. The molecule has 3 rings (SSSR count). The van der Waals surface area contributed by atoms with E-state index in [1.165, 1.54) is 10.8 Å². The van der Waals surface area contributed by atoms with Gasteiger partial charge in [0.1, 0.15) is 5.75 Å². The van der Waals surface area contributed by atoms with Crippen molar-refractivity contribution in [2.24, 2.45) is 0 Å². The number of imidazole rings is 1. The van der Waals surface area contributed by atoms with Crippen LogP contribution in [-0.4, -0.2) is 48.9 Å². The predicted molar refractivity (Wildman–Crippen MR) is 97.1 cm³/mol. The van der Waals surface area contributed by atoms with E-state index in [-0.39, 0.29) is 11.3 Å². The first kappa shape index (κ1) is 18.6. The highest BCUT2D eigenvalue weighted by Crippen LogP contribution is 2.20. The number of benzene rings is 1. The van der Waals surface area contributed by atoms with E-state index in [9.17, 15) is 13.2 Å². The van der Waals surface area contributed by atoms with Gasteiger partial charge in [-0.05, 0) is 43.9 Å². The third-order valence-electron chi connectivity index (χ3n) is 4.38. The largest absolute Gasteiger partial charge is 0.376 e. The lowest BCUT2D eigenvalue weighted by molar-refractivity contribution is -0.119. The number of aryl methyl sites for hydroxylation is 2. The van der Waals surface area contributed by atoms with Crippen LogP contribution in [0, 0.1) is 13.8 Å². The number of ether oxygens (including phenoxy) is 1. The van der Waals surface area contributed by atoms with Crippen LogP contribution < -0.4 is 5.32 Å². The molecule has 1 aromatic carbocycles. The van der Waals surface area contributed by atoms with Crippen LogP contribution >= 0.6 is 0 Å². The molecule has 1 aliphatic heterocycles. The SMILES string of the molecule is Cc1ccc(C)c(-n2ccnc2S(=O)(=O)CC(=O)NC[C@H]2CCCO2)c1. The first-order valence-corrected chi connectivity index (χ1v) is 10.2. The Bertz CT molecular complexity index is 899. The van der Waals surface area contributed by atoms with Crippen molar-refractivity contribution in [3.63, 3.8) is 0 Å². The standard InChI is InChI=1S/C18H23N3O4S/c1-13-5-6-14(2)16(10-13)21-8-7-19-18(21)26(23,24)12-17(22)20-11-15-4-3-9-25-15/h5-8,10,15H,3-4,9,11-12H2,1-2H3,(H,20,22)/t15-/m1/s1. The quantitative estimate of drug-likeness (QED) is 0.825. The van der Waals surface area contributed by atoms with Gasteiger partial charge in [-0.3, -0.25) is 9.36 Å². The highest BCUT2D eigenvalue weighted by atomic mass is 32.2. The Morgan fingerprint density at radius 3 is 2.92 bits per heavy atom. The molecular weight excluding hydrogens is 354 g/mol. The summed E-state index contributed by atoms with van der Waals surface area (Å²) < 4.78 is 32.4. The Labute approximate surface area is 153 Å². The van der Waals surface area contributed by atoms with E-state index in [4.69, 9.17) is 4.74 Å². The maximum Gasteiger partial charge on any atom is 0.235 e. The average Bonchev–Trinajstić information content (AvgIpc) is 3.26. The van der Waals surface area contributed by atoms with Gasteiger partial charge in [0.05, 0.1) is 11.8 Å². The molecule has 2 heterocycles. The smallest absolute Gasteiger partial charge is 0.235 e. The van der Waals surface area contributed by atoms with Gasteiger partial charge in [0, 0.05) is 25.5 Å². The minimum atomic E-state index is -3.87. The van der Waals surface area contributed by atoms with Crippen molar-refractivity contribution in [2.75, 3.05) is 18.9 Å². The summed E-state index contributed by atoms with van der Waals surface area (Å²) in [5, 5.41) is 2.52. The van der Waals surface area contributed by atoms with E-state index in [2.05, 4.69) is 10.3 Å². The van der Waals surface area contributed by atoms with Gasteiger partial charge in [-0.25, -0.2) is 13.4 Å². The van der Waals surface area contributed by atoms with Crippen molar-refractivity contribution in [2.45, 2.75) is 37.9 Å². The van der Waals surface area contributed by atoms with Crippen molar-refractivity contribution < 1.29 is 17.9 Å². The zero-order chi connectivity index (χ0) is 18.7. The third-order valence-corrected chi connectivity index (χ3v) is 5.88. The summed E-state index contributed by atoms with van der Waals surface area (Å²) in [6.07, 6.45) is 4.84. The van der Waals surface area contributed by atoms with Crippen LogP contribution in [-0.2, 0) is 19.4 Å². The number of sulfone groups is 1. The van der Waals surface area contributed by atoms with E-state index < -0.39 is 21.5 Å². The number of nitrogens with one attached hydrogen (secondary N) is 1. The Kier molecular flexibility index (Phi) is 5.43. The van der Waals surface area contributed by atoms with Crippen LogP contribution in [0.5, 0.6) is 0 Å². The molecule has 0 spiro atoms. The maximum atomic E-state index is 12.7. The molecule has 2 aromatic rings. The maximum absolute atomic E-state index is 12.7. The molecule has 26 heavy (non-hydrogen) atoms. The molecule has 1 saturated heterocycles. The lowest BCUT2D eigenvalue weighted by atomic mass is 10.1. The molecule has 0 unspecified atom stereocenters. The summed E-state index contributed by atoms with van der Waals surface area (Å²) in [6.45, 7) is 4.86. The summed E-state index contributed by atoms with van der Waals surface area (Å²) >= 11 is 0. The summed E-state index contributed by atoms with van der Waals surface area (Å²) in [6, 6.07) is 5.78. The van der Waals surface area contributed by atoms with Crippen molar-refractivity contribution in [3.05, 3.63) is 41.7 Å². The zero-order valence-electron chi connectivity index (χ0n) is 14.9. The molecule has 8 heteroatoms. The second kappa shape index (κ2) is 7.59. The summed E-state index contributed by atoms with van der Waals surface area (Å²) in [7, 11) is -3.87. The van der Waals surface area contributed by atoms with Crippen LogP contribution in [0.1, 0.15) is 24.0 Å². The normalized spacial score (nSPS) is 17.4. The van der Waals surface area contributed by atoms with Crippen LogP contribution in [0.3, 0.4) is 0 Å². The van der Waals surface area contributed by atoms with E-state index in [1.54, 1.807) is 6.20 Å². The molecule has 0 saturated carbocycles. The van der Waals surface area contributed by atoms with Crippen molar-refractivity contribution in [3.8, 4) is 5.69 Å². The molecule has 0 radical (unpaired) electrons. The molecule has 7 nitrogen and oxygen atoms in total. The summed E-state index contributed by atoms with van der Waals surface area (Å²) in [5.74, 6) is -1.18. The highest BCUT2D eigenvalue weighted by molar-refractivity contribution is 7.92.